The zero-order valence-corrected chi connectivity index (χ0v) is 12.2. The molecule has 0 atom stereocenters. The highest BCUT2D eigenvalue weighted by Gasteiger charge is 2.41. The molecule has 1 N–H and O–H groups in total. The van der Waals surface area contributed by atoms with E-state index in [2.05, 4.69) is 5.32 Å². The van der Waals surface area contributed by atoms with Crippen LogP contribution in [0.3, 0.4) is 0 Å². The summed E-state index contributed by atoms with van der Waals surface area (Å²) in [5.74, 6) is -1.13. The number of hydrogen-bond acceptors (Lipinski definition) is 2. The molecule has 5 heteroatoms. The number of anilines is 1. The number of para-hydroxylation sites is 1. The van der Waals surface area contributed by atoms with Gasteiger partial charge in [-0.05, 0) is 43.7 Å². The Morgan fingerprint density at radius 3 is 2.43 bits per heavy atom. The molecule has 21 heavy (non-hydrogen) atoms. The zero-order valence-electron chi connectivity index (χ0n) is 12.2. The van der Waals surface area contributed by atoms with Crippen LogP contribution in [0.2, 0.25) is 0 Å². The highest BCUT2D eigenvalue weighted by Crippen LogP contribution is 2.38. The van der Waals surface area contributed by atoms with Crippen molar-refractivity contribution >= 4 is 5.69 Å². The average Bonchev–Trinajstić information content (AvgIpc) is 2.46. The third-order valence-corrected chi connectivity index (χ3v) is 4.14. The van der Waals surface area contributed by atoms with Gasteiger partial charge in [-0.1, -0.05) is 18.2 Å². The SMILES string of the molecule is COCCc1ccccc1NC1CCC(C(F)(F)F)CC1. The van der Waals surface area contributed by atoms with E-state index in [1.807, 2.05) is 24.3 Å². The van der Waals surface area contributed by atoms with Crippen LogP contribution >= 0.6 is 0 Å². The number of benzene rings is 1. The van der Waals surface area contributed by atoms with E-state index < -0.39 is 12.1 Å². The molecule has 1 aliphatic carbocycles. The van der Waals surface area contributed by atoms with E-state index in [0.29, 0.717) is 19.4 Å². The molecule has 1 aliphatic rings. The van der Waals surface area contributed by atoms with E-state index in [9.17, 15) is 13.2 Å². The van der Waals surface area contributed by atoms with Crippen molar-refractivity contribution in [3.63, 3.8) is 0 Å². The van der Waals surface area contributed by atoms with Crippen LogP contribution in [0, 0.1) is 5.92 Å². The van der Waals surface area contributed by atoms with Crippen LogP contribution in [0.4, 0.5) is 18.9 Å². The Balaban J connectivity index is 1.91. The molecule has 0 bridgehead atoms. The summed E-state index contributed by atoms with van der Waals surface area (Å²) in [5.41, 5.74) is 2.17. The summed E-state index contributed by atoms with van der Waals surface area (Å²) in [6.45, 7) is 0.638. The predicted molar refractivity (Wildman–Crippen MR) is 77.4 cm³/mol. The van der Waals surface area contributed by atoms with Crippen LogP contribution < -0.4 is 5.32 Å². The number of ether oxygens (including phenoxy) is 1. The van der Waals surface area contributed by atoms with Gasteiger partial charge in [-0.3, -0.25) is 0 Å². The monoisotopic (exact) mass is 301 g/mol. The van der Waals surface area contributed by atoms with Crippen LogP contribution in [0.25, 0.3) is 0 Å². The Labute approximate surface area is 123 Å². The van der Waals surface area contributed by atoms with Gasteiger partial charge in [-0.15, -0.1) is 0 Å². The minimum atomic E-state index is -4.04. The molecule has 118 valence electrons. The Morgan fingerprint density at radius 1 is 1.14 bits per heavy atom. The van der Waals surface area contributed by atoms with Gasteiger partial charge in [0.2, 0.25) is 0 Å². The lowest BCUT2D eigenvalue weighted by molar-refractivity contribution is -0.182. The van der Waals surface area contributed by atoms with Crippen molar-refractivity contribution in [2.24, 2.45) is 5.92 Å². The fourth-order valence-electron chi connectivity index (χ4n) is 2.88. The minimum Gasteiger partial charge on any atom is -0.384 e. The van der Waals surface area contributed by atoms with Gasteiger partial charge in [0, 0.05) is 18.8 Å². The quantitative estimate of drug-likeness (QED) is 0.870. The van der Waals surface area contributed by atoms with Gasteiger partial charge in [-0.25, -0.2) is 0 Å². The van der Waals surface area contributed by atoms with Crippen molar-refractivity contribution in [1.29, 1.82) is 0 Å². The molecule has 2 rings (SSSR count). The van der Waals surface area contributed by atoms with Crippen molar-refractivity contribution in [2.45, 2.75) is 44.3 Å². The van der Waals surface area contributed by atoms with E-state index in [-0.39, 0.29) is 18.9 Å². The van der Waals surface area contributed by atoms with Gasteiger partial charge < -0.3 is 10.1 Å². The highest BCUT2D eigenvalue weighted by atomic mass is 19.4. The second kappa shape index (κ2) is 7.16. The number of halogens is 3. The number of rotatable bonds is 5. The van der Waals surface area contributed by atoms with Crippen LogP contribution in [0.5, 0.6) is 0 Å². The molecule has 0 heterocycles. The van der Waals surface area contributed by atoms with Crippen LogP contribution in [-0.2, 0) is 11.2 Å². The molecule has 0 aliphatic heterocycles. The van der Waals surface area contributed by atoms with E-state index in [1.165, 1.54) is 0 Å². The summed E-state index contributed by atoms with van der Waals surface area (Å²) in [6, 6.07) is 8.06. The molecule has 0 spiro atoms. The van der Waals surface area contributed by atoms with Gasteiger partial charge in [0.15, 0.2) is 0 Å². The van der Waals surface area contributed by atoms with E-state index in [1.54, 1.807) is 7.11 Å². The summed E-state index contributed by atoms with van der Waals surface area (Å²) < 4.78 is 43.1. The normalized spacial score (nSPS) is 23.0. The molecule has 0 saturated heterocycles. The lowest BCUT2D eigenvalue weighted by atomic mass is 9.85. The molecule has 1 aromatic carbocycles. The van der Waals surface area contributed by atoms with E-state index in [4.69, 9.17) is 4.74 Å². The summed E-state index contributed by atoms with van der Waals surface area (Å²) in [6.07, 6.45) is -1.65. The summed E-state index contributed by atoms with van der Waals surface area (Å²) >= 11 is 0. The number of alkyl halides is 3. The first kappa shape index (κ1) is 16.1. The number of methoxy groups -OCH3 is 1. The van der Waals surface area contributed by atoms with Crippen molar-refractivity contribution in [3.8, 4) is 0 Å². The van der Waals surface area contributed by atoms with Crippen molar-refractivity contribution in [1.82, 2.24) is 0 Å². The molecule has 1 saturated carbocycles. The number of hydrogen-bond donors (Lipinski definition) is 1. The number of nitrogens with one attached hydrogen (secondary N) is 1. The first-order chi connectivity index (χ1) is 10.0. The van der Waals surface area contributed by atoms with Crippen LogP contribution in [0.1, 0.15) is 31.2 Å². The topological polar surface area (TPSA) is 21.3 Å². The maximum absolute atomic E-state index is 12.7. The first-order valence-corrected chi connectivity index (χ1v) is 7.41. The third-order valence-electron chi connectivity index (χ3n) is 4.14. The van der Waals surface area contributed by atoms with Crippen molar-refractivity contribution in [2.75, 3.05) is 19.0 Å². The van der Waals surface area contributed by atoms with Gasteiger partial charge in [-0.2, -0.15) is 13.2 Å². The van der Waals surface area contributed by atoms with Crippen LogP contribution in [0.15, 0.2) is 24.3 Å². The second-order valence-electron chi connectivity index (χ2n) is 5.63. The Morgan fingerprint density at radius 2 is 1.81 bits per heavy atom. The molecule has 0 amide bonds. The molecule has 0 aromatic heterocycles. The zero-order chi connectivity index (χ0) is 15.3. The fourth-order valence-corrected chi connectivity index (χ4v) is 2.88. The summed E-state index contributed by atoms with van der Waals surface area (Å²) in [7, 11) is 1.66. The lowest BCUT2D eigenvalue weighted by Crippen LogP contribution is -2.33. The van der Waals surface area contributed by atoms with Crippen molar-refractivity contribution in [3.05, 3.63) is 29.8 Å². The Bertz CT molecular complexity index is 439. The van der Waals surface area contributed by atoms with Crippen LogP contribution in [-0.4, -0.2) is 25.9 Å². The fraction of sp³-hybridized carbons (Fsp3) is 0.625. The third kappa shape index (κ3) is 4.63. The average molecular weight is 301 g/mol. The van der Waals surface area contributed by atoms with Gasteiger partial charge >= 0.3 is 6.18 Å². The minimum absolute atomic E-state index is 0.132. The lowest BCUT2D eigenvalue weighted by Gasteiger charge is -2.31. The molecule has 1 aromatic rings. The highest BCUT2D eigenvalue weighted by molar-refractivity contribution is 5.52. The summed E-state index contributed by atoms with van der Waals surface area (Å²) in [4.78, 5) is 0. The molecular weight excluding hydrogens is 279 g/mol. The Kier molecular flexibility index (Phi) is 5.51. The van der Waals surface area contributed by atoms with Gasteiger partial charge in [0.1, 0.15) is 0 Å². The smallest absolute Gasteiger partial charge is 0.384 e. The predicted octanol–water partition coefficient (Wildman–Crippen LogP) is 4.41. The van der Waals surface area contributed by atoms with Gasteiger partial charge in [0.25, 0.3) is 0 Å². The molecular formula is C16H22F3NO. The second-order valence-corrected chi connectivity index (χ2v) is 5.63. The largest absolute Gasteiger partial charge is 0.391 e. The molecule has 2 nitrogen and oxygen atoms in total. The maximum Gasteiger partial charge on any atom is 0.391 e. The molecule has 0 unspecified atom stereocenters. The molecule has 1 fully saturated rings. The summed E-state index contributed by atoms with van der Waals surface area (Å²) in [5, 5.41) is 3.41. The first-order valence-electron chi connectivity index (χ1n) is 7.41. The Hall–Kier alpha value is -1.23. The van der Waals surface area contributed by atoms with Crippen molar-refractivity contribution < 1.29 is 17.9 Å². The van der Waals surface area contributed by atoms with Gasteiger partial charge in [0.05, 0.1) is 12.5 Å². The van der Waals surface area contributed by atoms with E-state index in [0.717, 1.165) is 17.7 Å². The maximum atomic E-state index is 12.7. The van der Waals surface area contributed by atoms with E-state index >= 15 is 0 Å². The standard InChI is InChI=1S/C16H22F3NO/c1-21-11-10-12-4-2-3-5-15(12)20-14-8-6-13(7-9-14)16(17,18)19/h2-5,13-14,20H,6-11H2,1H3. The molecule has 0 radical (unpaired) electrons.